The lowest BCUT2D eigenvalue weighted by molar-refractivity contribution is 0.525. The van der Waals surface area contributed by atoms with Crippen molar-refractivity contribution < 1.29 is 0 Å². The van der Waals surface area contributed by atoms with E-state index in [1.165, 1.54) is 17.7 Å². The first-order chi connectivity index (χ1) is 7.55. The SMILES string of the molecule is CC(C)(C)c1nnc2cc3c(nn12)CCC3. The molecule has 4 nitrogen and oxygen atoms in total. The van der Waals surface area contributed by atoms with Crippen LogP contribution in [0.4, 0.5) is 0 Å². The Labute approximate surface area is 94.7 Å². The average Bonchev–Trinajstić information content (AvgIpc) is 2.76. The van der Waals surface area contributed by atoms with Gasteiger partial charge in [-0.15, -0.1) is 10.2 Å². The molecule has 1 aliphatic rings. The van der Waals surface area contributed by atoms with Gasteiger partial charge in [0.05, 0.1) is 5.69 Å². The maximum atomic E-state index is 4.67. The molecule has 0 radical (unpaired) electrons. The third kappa shape index (κ3) is 1.32. The summed E-state index contributed by atoms with van der Waals surface area (Å²) in [4.78, 5) is 0. The summed E-state index contributed by atoms with van der Waals surface area (Å²) in [6, 6.07) is 2.14. The Morgan fingerprint density at radius 1 is 1.19 bits per heavy atom. The van der Waals surface area contributed by atoms with Crippen molar-refractivity contribution in [3.63, 3.8) is 0 Å². The van der Waals surface area contributed by atoms with E-state index < -0.39 is 0 Å². The van der Waals surface area contributed by atoms with Crippen molar-refractivity contribution in [3.8, 4) is 0 Å². The molecule has 0 saturated carbocycles. The average molecular weight is 216 g/mol. The zero-order valence-electron chi connectivity index (χ0n) is 9.99. The number of aromatic nitrogens is 4. The van der Waals surface area contributed by atoms with Crippen LogP contribution in [0.15, 0.2) is 6.07 Å². The zero-order chi connectivity index (χ0) is 11.3. The first-order valence-electron chi connectivity index (χ1n) is 5.80. The lowest BCUT2D eigenvalue weighted by Crippen LogP contribution is -2.17. The zero-order valence-corrected chi connectivity index (χ0v) is 9.99. The molecular weight excluding hydrogens is 200 g/mol. The number of fused-ring (bicyclic) bond motifs is 2. The molecular formula is C12H16N4. The summed E-state index contributed by atoms with van der Waals surface area (Å²) in [6.45, 7) is 6.41. The van der Waals surface area contributed by atoms with Gasteiger partial charge in [0.15, 0.2) is 11.5 Å². The summed E-state index contributed by atoms with van der Waals surface area (Å²) in [5.41, 5.74) is 3.43. The predicted octanol–water partition coefficient (Wildman–Crippen LogP) is 1.91. The Bertz CT molecular complexity index is 548. The van der Waals surface area contributed by atoms with Crippen LogP contribution in [-0.4, -0.2) is 19.8 Å². The van der Waals surface area contributed by atoms with E-state index in [0.29, 0.717) is 0 Å². The topological polar surface area (TPSA) is 43.1 Å². The summed E-state index contributed by atoms with van der Waals surface area (Å²) in [6.07, 6.45) is 3.44. The van der Waals surface area contributed by atoms with E-state index in [1.807, 2.05) is 4.52 Å². The molecule has 84 valence electrons. The third-order valence-electron chi connectivity index (χ3n) is 3.09. The van der Waals surface area contributed by atoms with Gasteiger partial charge in [-0.3, -0.25) is 0 Å². The van der Waals surface area contributed by atoms with Crippen LogP contribution in [0, 0.1) is 0 Å². The molecule has 1 aliphatic carbocycles. The van der Waals surface area contributed by atoms with Crippen LogP contribution >= 0.6 is 0 Å². The van der Waals surface area contributed by atoms with Crippen LogP contribution in [0.2, 0.25) is 0 Å². The fourth-order valence-electron chi connectivity index (χ4n) is 2.25. The van der Waals surface area contributed by atoms with E-state index in [2.05, 4.69) is 42.1 Å². The normalized spacial score (nSPS) is 15.7. The predicted molar refractivity (Wildman–Crippen MR) is 61.5 cm³/mol. The van der Waals surface area contributed by atoms with E-state index in [0.717, 1.165) is 24.3 Å². The van der Waals surface area contributed by atoms with E-state index >= 15 is 0 Å². The second-order valence-electron chi connectivity index (χ2n) is 5.51. The molecule has 0 saturated heterocycles. The molecule has 16 heavy (non-hydrogen) atoms. The molecule has 0 unspecified atom stereocenters. The van der Waals surface area contributed by atoms with Gasteiger partial charge in [-0.25, -0.2) is 0 Å². The van der Waals surface area contributed by atoms with Crippen molar-refractivity contribution in [2.75, 3.05) is 0 Å². The smallest absolute Gasteiger partial charge is 0.178 e. The van der Waals surface area contributed by atoms with Crippen LogP contribution < -0.4 is 0 Å². The van der Waals surface area contributed by atoms with Crippen LogP contribution in [-0.2, 0) is 18.3 Å². The summed E-state index contributed by atoms with van der Waals surface area (Å²) >= 11 is 0. The van der Waals surface area contributed by atoms with Gasteiger partial charge in [0.1, 0.15) is 0 Å². The van der Waals surface area contributed by atoms with Crippen molar-refractivity contribution in [2.24, 2.45) is 0 Å². The molecule has 0 amide bonds. The van der Waals surface area contributed by atoms with Gasteiger partial charge in [0.2, 0.25) is 0 Å². The van der Waals surface area contributed by atoms with E-state index in [1.54, 1.807) is 0 Å². The minimum Gasteiger partial charge on any atom is -0.197 e. The highest BCUT2D eigenvalue weighted by molar-refractivity contribution is 5.43. The molecule has 3 rings (SSSR count). The van der Waals surface area contributed by atoms with Crippen molar-refractivity contribution in [1.29, 1.82) is 0 Å². The molecule has 0 N–H and O–H groups in total. The van der Waals surface area contributed by atoms with Crippen LogP contribution in [0.3, 0.4) is 0 Å². The van der Waals surface area contributed by atoms with Gasteiger partial charge in [-0.2, -0.15) is 9.61 Å². The van der Waals surface area contributed by atoms with Gasteiger partial charge >= 0.3 is 0 Å². The second kappa shape index (κ2) is 3.03. The van der Waals surface area contributed by atoms with Crippen molar-refractivity contribution in [1.82, 2.24) is 19.8 Å². The molecule has 0 aliphatic heterocycles. The Kier molecular flexibility index (Phi) is 1.85. The lowest BCUT2D eigenvalue weighted by Gasteiger charge is -2.15. The van der Waals surface area contributed by atoms with E-state index in [-0.39, 0.29) is 5.41 Å². The van der Waals surface area contributed by atoms with Gasteiger partial charge in [0.25, 0.3) is 0 Å². The van der Waals surface area contributed by atoms with E-state index in [4.69, 9.17) is 0 Å². The molecule has 0 spiro atoms. The molecule has 0 atom stereocenters. The van der Waals surface area contributed by atoms with Crippen LogP contribution in [0.25, 0.3) is 5.65 Å². The van der Waals surface area contributed by atoms with Gasteiger partial charge < -0.3 is 0 Å². The lowest BCUT2D eigenvalue weighted by atomic mass is 9.96. The number of aryl methyl sites for hydroxylation is 2. The van der Waals surface area contributed by atoms with Gasteiger partial charge in [-0.05, 0) is 30.9 Å². The maximum absolute atomic E-state index is 4.67. The second-order valence-corrected chi connectivity index (χ2v) is 5.51. The molecule has 2 aromatic heterocycles. The fourth-order valence-corrected chi connectivity index (χ4v) is 2.25. The minimum atomic E-state index is -0.0146. The van der Waals surface area contributed by atoms with Crippen molar-refractivity contribution >= 4 is 5.65 Å². The first-order valence-corrected chi connectivity index (χ1v) is 5.80. The quantitative estimate of drug-likeness (QED) is 0.675. The number of hydrogen-bond donors (Lipinski definition) is 0. The molecule has 0 fully saturated rings. The Morgan fingerprint density at radius 2 is 2.00 bits per heavy atom. The monoisotopic (exact) mass is 216 g/mol. The standard InChI is InChI=1S/C12H16N4/c1-12(2,3)11-14-13-10-7-8-5-4-6-9(8)15-16(10)11/h7H,4-6H2,1-3H3. The number of hydrogen-bond acceptors (Lipinski definition) is 3. The van der Waals surface area contributed by atoms with Crippen molar-refractivity contribution in [3.05, 3.63) is 23.1 Å². The number of rotatable bonds is 0. The highest BCUT2D eigenvalue weighted by Gasteiger charge is 2.23. The van der Waals surface area contributed by atoms with Gasteiger partial charge in [-0.1, -0.05) is 20.8 Å². The Balaban J connectivity index is 2.27. The summed E-state index contributed by atoms with van der Waals surface area (Å²) in [5, 5.41) is 13.1. The highest BCUT2D eigenvalue weighted by Crippen LogP contribution is 2.24. The molecule has 4 heteroatoms. The van der Waals surface area contributed by atoms with Crippen LogP contribution in [0.5, 0.6) is 0 Å². The Hall–Kier alpha value is -1.45. The largest absolute Gasteiger partial charge is 0.197 e. The van der Waals surface area contributed by atoms with Gasteiger partial charge in [0, 0.05) is 5.41 Å². The van der Waals surface area contributed by atoms with E-state index in [9.17, 15) is 0 Å². The highest BCUT2D eigenvalue weighted by atomic mass is 15.4. The maximum Gasteiger partial charge on any atom is 0.178 e. The fraction of sp³-hybridized carbons (Fsp3) is 0.583. The summed E-state index contributed by atoms with van der Waals surface area (Å²) in [5.74, 6) is 0.942. The molecule has 2 heterocycles. The third-order valence-corrected chi connectivity index (χ3v) is 3.09. The summed E-state index contributed by atoms with van der Waals surface area (Å²) < 4.78 is 1.91. The molecule has 0 aromatic carbocycles. The molecule has 0 bridgehead atoms. The minimum absolute atomic E-state index is 0.0146. The van der Waals surface area contributed by atoms with Crippen molar-refractivity contribution in [2.45, 2.75) is 45.4 Å². The summed E-state index contributed by atoms with van der Waals surface area (Å²) in [7, 11) is 0. The Morgan fingerprint density at radius 3 is 2.75 bits per heavy atom. The number of nitrogens with zero attached hydrogens (tertiary/aromatic N) is 4. The first kappa shape index (κ1) is 9.75. The van der Waals surface area contributed by atoms with Crippen LogP contribution in [0.1, 0.15) is 44.3 Å². The molecule has 2 aromatic rings.